The number of carbonyl (C=O) groups is 3. The fourth-order valence-electron chi connectivity index (χ4n) is 3.01. The standard InChI is InChI=1S/C19H28N2O5S2/c1-15-3-7-18(27-15)17(23)6-4-16(22)5-8-19(24)21-11-9-20(10-12-21)13-14-28(2,25)26/h3,7H,4-6,8-14H2,1-2H3. The van der Waals surface area contributed by atoms with Gasteiger partial charge in [-0.15, -0.1) is 11.3 Å². The number of ketones is 2. The van der Waals surface area contributed by atoms with Crippen molar-refractivity contribution in [1.29, 1.82) is 0 Å². The number of amides is 1. The minimum absolute atomic E-state index is 0.0250. The lowest BCUT2D eigenvalue weighted by atomic mass is 10.1. The van der Waals surface area contributed by atoms with Crippen LogP contribution in [0.2, 0.25) is 0 Å². The van der Waals surface area contributed by atoms with E-state index in [0.29, 0.717) is 37.6 Å². The lowest BCUT2D eigenvalue weighted by molar-refractivity contribution is -0.134. The molecular weight excluding hydrogens is 400 g/mol. The number of rotatable bonds is 10. The summed E-state index contributed by atoms with van der Waals surface area (Å²) < 4.78 is 22.5. The normalized spacial score (nSPS) is 15.6. The Morgan fingerprint density at radius 3 is 2.21 bits per heavy atom. The zero-order valence-corrected chi connectivity index (χ0v) is 18.1. The van der Waals surface area contributed by atoms with Crippen molar-refractivity contribution in [2.24, 2.45) is 0 Å². The third kappa shape index (κ3) is 7.81. The van der Waals surface area contributed by atoms with E-state index in [1.165, 1.54) is 17.6 Å². The molecule has 1 saturated heterocycles. The molecule has 1 aliphatic heterocycles. The summed E-state index contributed by atoms with van der Waals surface area (Å²) in [6, 6.07) is 3.67. The van der Waals surface area contributed by atoms with Crippen molar-refractivity contribution in [2.45, 2.75) is 32.6 Å². The second-order valence-electron chi connectivity index (χ2n) is 7.22. The summed E-state index contributed by atoms with van der Waals surface area (Å²) in [4.78, 5) is 41.8. The Morgan fingerprint density at radius 2 is 1.64 bits per heavy atom. The Kier molecular flexibility index (Phi) is 8.33. The van der Waals surface area contributed by atoms with Gasteiger partial charge in [-0.05, 0) is 19.1 Å². The highest BCUT2D eigenvalue weighted by Crippen LogP contribution is 2.18. The Hall–Kier alpha value is -1.58. The predicted molar refractivity (Wildman–Crippen MR) is 110 cm³/mol. The number of hydrogen-bond donors (Lipinski definition) is 0. The molecule has 0 radical (unpaired) electrons. The molecule has 1 aromatic rings. The van der Waals surface area contributed by atoms with Crippen molar-refractivity contribution >= 4 is 38.6 Å². The third-order valence-electron chi connectivity index (χ3n) is 4.77. The van der Waals surface area contributed by atoms with Crippen molar-refractivity contribution in [3.63, 3.8) is 0 Å². The van der Waals surface area contributed by atoms with Gasteiger partial charge in [-0.25, -0.2) is 8.42 Å². The van der Waals surface area contributed by atoms with Crippen molar-refractivity contribution in [3.05, 3.63) is 21.9 Å². The molecule has 1 fully saturated rings. The average molecular weight is 429 g/mol. The summed E-state index contributed by atoms with van der Waals surface area (Å²) in [5, 5.41) is 0. The van der Waals surface area contributed by atoms with Gasteiger partial charge >= 0.3 is 0 Å². The molecule has 7 nitrogen and oxygen atoms in total. The van der Waals surface area contributed by atoms with E-state index in [1.807, 2.05) is 17.9 Å². The molecule has 0 unspecified atom stereocenters. The van der Waals surface area contributed by atoms with Crippen molar-refractivity contribution in [2.75, 3.05) is 44.7 Å². The molecule has 1 aromatic heterocycles. The van der Waals surface area contributed by atoms with Crippen LogP contribution in [-0.2, 0) is 19.4 Å². The van der Waals surface area contributed by atoms with Gasteiger partial charge in [-0.1, -0.05) is 0 Å². The van der Waals surface area contributed by atoms with Gasteiger partial charge in [0.1, 0.15) is 15.6 Å². The molecular formula is C19H28N2O5S2. The Balaban J connectivity index is 1.64. The van der Waals surface area contributed by atoms with E-state index in [4.69, 9.17) is 0 Å². The van der Waals surface area contributed by atoms with Crippen LogP contribution < -0.4 is 0 Å². The smallest absolute Gasteiger partial charge is 0.223 e. The van der Waals surface area contributed by atoms with E-state index >= 15 is 0 Å². The first-order chi connectivity index (χ1) is 13.1. The first kappa shape index (κ1) is 22.7. The summed E-state index contributed by atoms with van der Waals surface area (Å²) in [5.74, 6) is -0.0276. The number of sulfone groups is 1. The maximum atomic E-state index is 12.3. The molecule has 0 spiro atoms. The Bertz CT molecular complexity index is 808. The van der Waals surface area contributed by atoms with E-state index in [2.05, 4.69) is 0 Å². The van der Waals surface area contributed by atoms with E-state index < -0.39 is 9.84 Å². The van der Waals surface area contributed by atoms with Crippen LogP contribution in [-0.4, -0.2) is 80.4 Å². The SMILES string of the molecule is Cc1ccc(C(=O)CCC(=O)CCC(=O)N2CCN(CCS(C)(=O)=O)CC2)s1. The van der Waals surface area contributed by atoms with Crippen LogP contribution in [0.25, 0.3) is 0 Å². The van der Waals surface area contributed by atoms with Gasteiger partial charge in [-0.3, -0.25) is 19.3 Å². The first-order valence-electron chi connectivity index (χ1n) is 9.43. The van der Waals surface area contributed by atoms with Gasteiger partial charge in [0, 0.05) is 69.5 Å². The van der Waals surface area contributed by atoms with E-state index in [1.54, 1.807) is 11.0 Å². The fourth-order valence-corrected chi connectivity index (χ4v) is 4.43. The van der Waals surface area contributed by atoms with Gasteiger partial charge in [0.25, 0.3) is 0 Å². The summed E-state index contributed by atoms with van der Waals surface area (Å²) in [6.45, 7) is 4.80. The van der Waals surface area contributed by atoms with Gasteiger partial charge in [-0.2, -0.15) is 0 Å². The van der Waals surface area contributed by atoms with Crippen LogP contribution in [0, 0.1) is 6.92 Å². The lowest BCUT2D eigenvalue weighted by Crippen LogP contribution is -2.49. The van der Waals surface area contributed by atoms with Gasteiger partial charge in [0.05, 0.1) is 10.6 Å². The molecule has 0 aliphatic carbocycles. The maximum absolute atomic E-state index is 12.3. The first-order valence-corrected chi connectivity index (χ1v) is 12.3. The zero-order valence-electron chi connectivity index (χ0n) is 16.5. The zero-order chi connectivity index (χ0) is 20.7. The monoisotopic (exact) mass is 428 g/mol. The molecule has 0 atom stereocenters. The largest absolute Gasteiger partial charge is 0.340 e. The molecule has 1 aliphatic rings. The Morgan fingerprint density at radius 1 is 1.00 bits per heavy atom. The minimum atomic E-state index is -2.98. The topological polar surface area (TPSA) is 91.8 Å². The summed E-state index contributed by atoms with van der Waals surface area (Å²) in [5.41, 5.74) is 0. The third-order valence-corrected chi connectivity index (χ3v) is 6.73. The number of hydrogen-bond acceptors (Lipinski definition) is 7. The van der Waals surface area contributed by atoms with E-state index in [9.17, 15) is 22.8 Å². The Labute approximate surface area is 170 Å². The molecule has 2 heterocycles. The highest BCUT2D eigenvalue weighted by Gasteiger charge is 2.22. The van der Waals surface area contributed by atoms with Crippen molar-refractivity contribution in [1.82, 2.24) is 9.80 Å². The predicted octanol–water partition coefficient (Wildman–Crippen LogP) is 1.56. The molecule has 9 heteroatoms. The molecule has 0 N–H and O–H groups in total. The van der Waals surface area contributed by atoms with Crippen LogP contribution in [0.1, 0.15) is 40.2 Å². The molecule has 28 heavy (non-hydrogen) atoms. The highest BCUT2D eigenvalue weighted by molar-refractivity contribution is 7.90. The van der Waals surface area contributed by atoms with Gasteiger partial charge in [0.15, 0.2) is 5.78 Å². The molecule has 0 bridgehead atoms. The molecule has 2 rings (SSSR count). The minimum Gasteiger partial charge on any atom is -0.340 e. The lowest BCUT2D eigenvalue weighted by Gasteiger charge is -2.34. The second-order valence-corrected chi connectivity index (χ2v) is 10.8. The van der Waals surface area contributed by atoms with Gasteiger partial charge < -0.3 is 4.90 Å². The van der Waals surface area contributed by atoms with Gasteiger partial charge in [0.2, 0.25) is 5.91 Å². The number of nitrogens with zero attached hydrogens (tertiary/aromatic N) is 2. The molecule has 156 valence electrons. The number of thiophene rings is 1. The molecule has 0 aromatic carbocycles. The maximum Gasteiger partial charge on any atom is 0.223 e. The van der Waals surface area contributed by atoms with Crippen LogP contribution in [0.5, 0.6) is 0 Å². The summed E-state index contributed by atoms with van der Waals surface area (Å²) in [6.07, 6.45) is 1.89. The number of carbonyl (C=O) groups excluding carboxylic acids is 3. The van der Waals surface area contributed by atoms with Crippen LogP contribution in [0.4, 0.5) is 0 Å². The van der Waals surface area contributed by atoms with E-state index in [-0.39, 0.29) is 48.9 Å². The summed E-state index contributed by atoms with van der Waals surface area (Å²) >= 11 is 1.43. The van der Waals surface area contributed by atoms with Crippen LogP contribution in [0.15, 0.2) is 12.1 Å². The quantitative estimate of drug-likeness (QED) is 0.525. The molecule has 0 saturated carbocycles. The van der Waals surface area contributed by atoms with Crippen LogP contribution in [0.3, 0.4) is 0 Å². The van der Waals surface area contributed by atoms with Crippen molar-refractivity contribution < 1.29 is 22.8 Å². The fraction of sp³-hybridized carbons (Fsp3) is 0.632. The number of piperazine rings is 1. The van der Waals surface area contributed by atoms with Crippen molar-refractivity contribution in [3.8, 4) is 0 Å². The van der Waals surface area contributed by atoms with E-state index in [0.717, 1.165) is 4.88 Å². The van der Waals surface area contributed by atoms with Crippen LogP contribution >= 0.6 is 11.3 Å². The average Bonchev–Trinajstić information content (AvgIpc) is 3.08. The summed E-state index contributed by atoms with van der Waals surface area (Å²) in [7, 11) is -2.98. The molecule has 1 amide bonds. The second kappa shape index (κ2) is 10.3. The highest BCUT2D eigenvalue weighted by atomic mass is 32.2. The number of aryl methyl sites for hydroxylation is 1. The number of Topliss-reactive ketones (excluding diaryl/α,β-unsaturated/α-hetero) is 2.